The van der Waals surface area contributed by atoms with Crippen molar-refractivity contribution in [1.29, 1.82) is 0 Å². The maximum absolute atomic E-state index is 13.3. The van der Waals surface area contributed by atoms with Crippen LogP contribution >= 0.6 is 0 Å². The highest BCUT2D eigenvalue weighted by molar-refractivity contribution is 6.08. The summed E-state index contributed by atoms with van der Waals surface area (Å²) in [6.07, 6.45) is 6.73. The van der Waals surface area contributed by atoms with Gasteiger partial charge in [0.05, 0.1) is 17.6 Å². The van der Waals surface area contributed by atoms with Gasteiger partial charge < -0.3 is 47.7 Å². The molecule has 326 valence electrons. The Balaban J connectivity index is 1.28. The molecule has 2 atom stereocenters. The van der Waals surface area contributed by atoms with Crippen LogP contribution in [0.25, 0.3) is 6.08 Å². The first kappa shape index (κ1) is 46.9. The first-order valence-corrected chi connectivity index (χ1v) is 20.5. The van der Waals surface area contributed by atoms with E-state index in [2.05, 4.69) is 36.6 Å². The molecule has 0 saturated heterocycles. The molecule has 2 aromatic carbocycles. The molecule has 2 heterocycles. The van der Waals surface area contributed by atoms with Gasteiger partial charge in [0.25, 0.3) is 5.91 Å². The molecule has 0 saturated carbocycles. The Hall–Kier alpha value is -6.78. The number of ether oxygens (including phenoxy) is 1. The molecule has 17 nitrogen and oxygen atoms in total. The number of urea groups is 1. The van der Waals surface area contributed by atoms with Crippen molar-refractivity contribution in [3.63, 3.8) is 0 Å². The van der Waals surface area contributed by atoms with Gasteiger partial charge in [-0.1, -0.05) is 52.8 Å². The minimum atomic E-state index is -0.837. The van der Waals surface area contributed by atoms with Crippen molar-refractivity contribution < 1.29 is 33.5 Å². The van der Waals surface area contributed by atoms with Crippen molar-refractivity contribution >= 4 is 64.7 Å². The summed E-state index contributed by atoms with van der Waals surface area (Å²) in [6, 6.07) is 11.9. The van der Waals surface area contributed by atoms with Gasteiger partial charge in [-0.05, 0) is 79.1 Å². The number of aliphatic imine (C=N–C) groups is 1. The van der Waals surface area contributed by atoms with Crippen LogP contribution in [0.5, 0.6) is 0 Å². The van der Waals surface area contributed by atoms with E-state index in [1.807, 2.05) is 32.6 Å². The number of amidine groups is 1. The number of anilines is 2. The molecule has 9 N–H and O–H groups in total. The molecule has 0 unspecified atom stereocenters. The number of nitrogens with one attached hydrogen (secondary N) is 5. The molecule has 7 amide bonds. The minimum Gasteiger partial charge on any atom is -0.445 e. The molecule has 0 spiro atoms. The lowest BCUT2D eigenvalue weighted by Gasteiger charge is -2.22. The van der Waals surface area contributed by atoms with Gasteiger partial charge in [0.2, 0.25) is 17.7 Å². The fourth-order valence-corrected chi connectivity index (χ4v) is 6.26. The summed E-state index contributed by atoms with van der Waals surface area (Å²) in [5.74, 6) is -1.09. The van der Waals surface area contributed by atoms with E-state index in [9.17, 15) is 28.8 Å². The number of hydrogen-bond donors (Lipinski definition) is 7. The van der Waals surface area contributed by atoms with Crippen molar-refractivity contribution in [1.82, 2.24) is 25.8 Å². The van der Waals surface area contributed by atoms with Gasteiger partial charge in [0.1, 0.15) is 18.5 Å². The van der Waals surface area contributed by atoms with Crippen molar-refractivity contribution in [2.75, 3.05) is 30.3 Å². The summed E-state index contributed by atoms with van der Waals surface area (Å²) in [7, 11) is 0. The van der Waals surface area contributed by atoms with E-state index < -0.39 is 30.0 Å². The summed E-state index contributed by atoms with van der Waals surface area (Å²) >= 11 is 0. The van der Waals surface area contributed by atoms with E-state index in [0.29, 0.717) is 64.4 Å². The van der Waals surface area contributed by atoms with E-state index in [0.717, 1.165) is 12.8 Å². The Morgan fingerprint density at radius 1 is 0.852 bits per heavy atom. The zero-order valence-corrected chi connectivity index (χ0v) is 35.5. The molecule has 17 heteroatoms. The van der Waals surface area contributed by atoms with Crippen molar-refractivity contribution in [3.05, 3.63) is 88.8 Å². The summed E-state index contributed by atoms with van der Waals surface area (Å²) in [5.41, 5.74) is 15.5. The maximum Gasteiger partial charge on any atom is 0.407 e. The summed E-state index contributed by atoms with van der Waals surface area (Å²) in [5, 5.41) is 13.6. The molecule has 0 fully saturated rings. The average molecular weight is 839 g/mol. The van der Waals surface area contributed by atoms with E-state index in [-0.39, 0.29) is 62.0 Å². The van der Waals surface area contributed by atoms with Crippen molar-refractivity contribution in [2.45, 2.75) is 85.9 Å². The smallest absolute Gasteiger partial charge is 0.407 e. The predicted octanol–water partition coefficient (Wildman–Crippen LogP) is 5.35. The number of aromatic nitrogens is 1. The first-order chi connectivity index (χ1) is 29.2. The number of fused-ring (bicyclic) bond motifs is 1. The van der Waals surface area contributed by atoms with E-state index in [4.69, 9.17) is 16.2 Å². The van der Waals surface area contributed by atoms with Crippen LogP contribution < -0.4 is 38.1 Å². The van der Waals surface area contributed by atoms with Gasteiger partial charge in [-0.2, -0.15) is 0 Å². The standard InChI is InChI=1S/C44H58N10O7/c1-6-17-54(18-7-2)42(58)33-20-31-12-13-32(21-37(31)52-38(45)22-33)40(56)51-35-19-30(23-47-25-35)24-49-44(60)61-26-29-10-14-34(15-11-29)50-41(57)36(9-8-16-48-43(46)59)53-39(55)28(5)27(3)4/h10-15,19-21,23,25,27-28,36H,6-9,16-18,22,24,26H2,1-5H3,(H2,45,52)(H,49,60)(H,50,57)(H,51,56)(H,53,55)(H3,46,48,59)/t28-,36-/m0/s1. The number of pyridine rings is 1. The highest BCUT2D eigenvalue weighted by atomic mass is 16.5. The van der Waals surface area contributed by atoms with E-state index in [1.54, 1.807) is 67.7 Å². The van der Waals surface area contributed by atoms with Gasteiger partial charge in [-0.15, -0.1) is 0 Å². The molecule has 61 heavy (non-hydrogen) atoms. The number of benzene rings is 2. The van der Waals surface area contributed by atoms with E-state index in [1.165, 1.54) is 6.20 Å². The van der Waals surface area contributed by atoms with Crippen LogP contribution in [0, 0.1) is 11.8 Å². The Morgan fingerprint density at radius 3 is 2.25 bits per heavy atom. The third kappa shape index (κ3) is 14.8. The third-order valence-corrected chi connectivity index (χ3v) is 9.90. The number of carbonyl (C=O) groups is 6. The van der Waals surface area contributed by atoms with Gasteiger partial charge in [-0.3, -0.25) is 24.2 Å². The molecule has 1 aliphatic heterocycles. The topological polar surface area (TPSA) is 252 Å². The third-order valence-electron chi connectivity index (χ3n) is 9.90. The monoisotopic (exact) mass is 838 g/mol. The average Bonchev–Trinajstić information content (AvgIpc) is 3.40. The second-order valence-corrected chi connectivity index (χ2v) is 15.2. The summed E-state index contributed by atoms with van der Waals surface area (Å²) < 4.78 is 5.38. The molecule has 0 bridgehead atoms. The molecule has 4 rings (SSSR count). The predicted molar refractivity (Wildman–Crippen MR) is 235 cm³/mol. The largest absolute Gasteiger partial charge is 0.445 e. The number of amides is 7. The molecule has 0 radical (unpaired) electrons. The second kappa shape index (κ2) is 23.1. The van der Waals surface area contributed by atoms with Crippen LogP contribution in [-0.4, -0.2) is 77.1 Å². The van der Waals surface area contributed by atoms with Crippen molar-refractivity contribution in [3.8, 4) is 0 Å². The lowest BCUT2D eigenvalue weighted by atomic mass is 9.96. The summed E-state index contributed by atoms with van der Waals surface area (Å²) in [6.45, 7) is 11.3. The Morgan fingerprint density at radius 2 is 1.57 bits per heavy atom. The highest BCUT2D eigenvalue weighted by Crippen LogP contribution is 2.29. The Bertz CT molecular complexity index is 2100. The molecular weight excluding hydrogens is 781 g/mol. The Kier molecular flexibility index (Phi) is 17.8. The number of nitrogens with two attached hydrogens (primary N) is 2. The number of primary amides is 1. The minimum absolute atomic E-state index is 0.0485. The first-order valence-electron chi connectivity index (χ1n) is 20.5. The maximum atomic E-state index is 13.3. The Labute approximate surface area is 356 Å². The molecule has 3 aromatic rings. The lowest BCUT2D eigenvalue weighted by Crippen LogP contribution is -2.46. The van der Waals surface area contributed by atoms with Crippen LogP contribution in [0.3, 0.4) is 0 Å². The van der Waals surface area contributed by atoms with Crippen LogP contribution in [0.15, 0.2) is 71.5 Å². The molecule has 0 aliphatic carbocycles. The van der Waals surface area contributed by atoms with Gasteiger partial charge in [-0.25, -0.2) is 14.6 Å². The summed E-state index contributed by atoms with van der Waals surface area (Å²) in [4.78, 5) is 86.7. The van der Waals surface area contributed by atoms with Gasteiger partial charge in [0, 0.05) is 67.1 Å². The second-order valence-electron chi connectivity index (χ2n) is 15.2. The fraction of sp³-hybridized carbons (Fsp3) is 0.409. The molecule has 1 aliphatic rings. The van der Waals surface area contributed by atoms with Gasteiger partial charge in [0.15, 0.2) is 0 Å². The SMILES string of the molecule is CCCN(CCC)C(=O)C1=Cc2ccc(C(=O)Nc3cncc(CNC(=O)OCc4ccc(NC(=O)[C@H](CCCNC(N)=O)NC(=O)[C@@H](C)C(C)C)cc4)c3)cc2N=C(N)C1. The zero-order valence-electron chi connectivity index (χ0n) is 35.5. The quantitative estimate of drug-likeness (QED) is 0.0724. The fourth-order valence-electron chi connectivity index (χ4n) is 6.26. The number of rotatable bonds is 20. The van der Waals surface area contributed by atoms with Crippen molar-refractivity contribution in [2.24, 2.45) is 28.3 Å². The van der Waals surface area contributed by atoms with Crippen LogP contribution in [0.1, 0.15) is 93.8 Å². The van der Waals surface area contributed by atoms with Crippen LogP contribution in [-0.2, 0) is 32.3 Å². The number of alkyl carbamates (subject to hydrolysis) is 1. The molecule has 1 aromatic heterocycles. The van der Waals surface area contributed by atoms with Crippen LogP contribution in [0.2, 0.25) is 0 Å². The normalized spacial score (nSPS) is 13.0. The van der Waals surface area contributed by atoms with E-state index >= 15 is 0 Å². The lowest BCUT2D eigenvalue weighted by molar-refractivity contribution is -0.130. The zero-order chi connectivity index (χ0) is 44.5. The molecular formula is C44H58N10O7. The highest BCUT2D eigenvalue weighted by Gasteiger charge is 2.25. The number of hydrogen-bond acceptors (Lipinski definition) is 10. The van der Waals surface area contributed by atoms with Gasteiger partial charge >= 0.3 is 12.1 Å². The van der Waals surface area contributed by atoms with Crippen LogP contribution in [0.4, 0.5) is 26.7 Å². The number of nitrogens with zero attached hydrogens (tertiary/aromatic N) is 3. The number of carbonyl (C=O) groups excluding carboxylic acids is 6.